The third kappa shape index (κ3) is 5.88. The van der Waals surface area contributed by atoms with Crippen LogP contribution in [0.1, 0.15) is 41.2 Å². The summed E-state index contributed by atoms with van der Waals surface area (Å²) >= 11 is 0. The number of hydrogen-bond donors (Lipinski definition) is 0. The fraction of sp³-hybridized carbons (Fsp3) is 0.0968. The Morgan fingerprint density at radius 1 is 0.649 bits per heavy atom. The summed E-state index contributed by atoms with van der Waals surface area (Å²) in [6, 6.07) is 11.3. The molecule has 0 amide bonds. The van der Waals surface area contributed by atoms with E-state index in [0.29, 0.717) is 24.0 Å². The summed E-state index contributed by atoms with van der Waals surface area (Å²) in [7, 11) is 0. The standard InChI is InChI=1S/C31H18F6/c1-2-3-4-5-21-16-27(33)25(28(34)17-21)13-9-20-7-11-22(26(32)15-20)10-6-19-8-12-24-23(14-19)18-29(35)31(37)30(24)36/h2-3,7-8,11-12,14-18H,4-5H2,1H3/b3-2+. The van der Waals surface area contributed by atoms with Crippen LogP contribution < -0.4 is 0 Å². The maximum absolute atomic E-state index is 14.6. The minimum Gasteiger partial charge on any atom is -0.206 e. The highest BCUT2D eigenvalue weighted by Gasteiger charge is 2.13. The number of rotatable bonds is 3. The average molecular weight is 504 g/mol. The molecule has 0 unspecified atom stereocenters. The van der Waals surface area contributed by atoms with Gasteiger partial charge >= 0.3 is 0 Å². The van der Waals surface area contributed by atoms with Crippen LogP contribution in [0.15, 0.2) is 66.7 Å². The minimum atomic E-state index is -1.56. The van der Waals surface area contributed by atoms with Gasteiger partial charge in [-0.1, -0.05) is 41.9 Å². The fourth-order valence-corrected chi connectivity index (χ4v) is 3.66. The van der Waals surface area contributed by atoms with Crippen molar-refractivity contribution in [3.63, 3.8) is 0 Å². The second-order valence-corrected chi connectivity index (χ2v) is 8.16. The predicted molar refractivity (Wildman–Crippen MR) is 132 cm³/mol. The predicted octanol–water partition coefficient (Wildman–Crippen LogP) is 7.98. The molecule has 4 aromatic carbocycles. The molecule has 0 aromatic heterocycles. The normalized spacial score (nSPS) is 10.8. The van der Waals surface area contributed by atoms with Crippen LogP contribution in [0, 0.1) is 58.6 Å². The molecule has 0 radical (unpaired) electrons. The summed E-state index contributed by atoms with van der Waals surface area (Å²) in [5.41, 5.74) is 0.661. The molecule has 0 heterocycles. The summed E-state index contributed by atoms with van der Waals surface area (Å²) in [5.74, 6) is 3.84. The number of fused-ring (bicyclic) bond motifs is 1. The van der Waals surface area contributed by atoms with E-state index in [1.807, 2.05) is 19.1 Å². The van der Waals surface area contributed by atoms with E-state index in [-0.39, 0.29) is 21.9 Å². The topological polar surface area (TPSA) is 0 Å². The van der Waals surface area contributed by atoms with Crippen LogP contribution in [0.25, 0.3) is 10.8 Å². The molecule has 0 atom stereocenters. The molecule has 0 spiro atoms. The lowest BCUT2D eigenvalue weighted by molar-refractivity contribution is 0.453. The van der Waals surface area contributed by atoms with Gasteiger partial charge < -0.3 is 0 Å². The monoisotopic (exact) mass is 504 g/mol. The van der Waals surface area contributed by atoms with E-state index < -0.39 is 40.5 Å². The zero-order chi connectivity index (χ0) is 26.5. The van der Waals surface area contributed by atoms with Crippen LogP contribution >= 0.6 is 0 Å². The number of aryl methyl sites for hydroxylation is 1. The Bertz CT molecular complexity index is 1640. The van der Waals surface area contributed by atoms with Crippen molar-refractivity contribution in [1.82, 2.24) is 0 Å². The molecule has 0 nitrogen and oxygen atoms in total. The van der Waals surface area contributed by atoms with E-state index in [1.165, 1.54) is 42.5 Å². The van der Waals surface area contributed by atoms with Gasteiger partial charge in [0.05, 0.1) is 11.1 Å². The molecule has 0 aliphatic rings. The molecule has 0 saturated heterocycles. The summed E-state index contributed by atoms with van der Waals surface area (Å²) < 4.78 is 84.1. The first kappa shape index (κ1) is 25.7. The molecule has 4 aromatic rings. The van der Waals surface area contributed by atoms with E-state index in [1.54, 1.807) is 0 Å². The van der Waals surface area contributed by atoms with Crippen molar-refractivity contribution in [2.24, 2.45) is 0 Å². The summed E-state index contributed by atoms with van der Waals surface area (Å²) in [4.78, 5) is 0. The molecule has 0 N–H and O–H groups in total. The molecule has 0 bridgehead atoms. The summed E-state index contributed by atoms with van der Waals surface area (Å²) in [6.07, 6.45) is 4.91. The number of benzene rings is 4. The molecule has 4 rings (SSSR count). The maximum atomic E-state index is 14.6. The van der Waals surface area contributed by atoms with Crippen LogP contribution in [0.3, 0.4) is 0 Å². The summed E-state index contributed by atoms with van der Waals surface area (Å²) in [6.45, 7) is 1.86. The van der Waals surface area contributed by atoms with Crippen molar-refractivity contribution in [2.75, 3.05) is 0 Å². The fourth-order valence-electron chi connectivity index (χ4n) is 3.66. The molecule has 6 heteroatoms. The van der Waals surface area contributed by atoms with Gasteiger partial charge in [0.25, 0.3) is 0 Å². The van der Waals surface area contributed by atoms with Gasteiger partial charge in [0.15, 0.2) is 17.5 Å². The van der Waals surface area contributed by atoms with E-state index in [0.717, 1.165) is 12.1 Å². The Balaban J connectivity index is 1.55. The first-order chi connectivity index (χ1) is 17.8. The van der Waals surface area contributed by atoms with Crippen molar-refractivity contribution < 1.29 is 26.3 Å². The molecular weight excluding hydrogens is 486 g/mol. The average Bonchev–Trinajstić information content (AvgIpc) is 2.86. The smallest absolute Gasteiger partial charge is 0.195 e. The molecule has 0 fully saturated rings. The SMILES string of the molecule is C/C=C/CCc1cc(F)c(C#Cc2ccc(C#Cc3ccc4c(F)c(F)c(F)cc4c3)c(F)c2)c(F)c1. The highest BCUT2D eigenvalue weighted by molar-refractivity contribution is 5.84. The number of hydrogen-bond acceptors (Lipinski definition) is 0. The first-order valence-electron chi connectivity index (χ1n) is 11.3. The Morgan fingerprint density at radius 3 is 2.03 bits per heavy atom. The van der Waals surface area contributed by atoms with Crippen molar-refractivity contribution in [3.05, 3.63) is 129 Å². The summed E-state index contributed by atoms with van der Waals surface area (Å²) in [5, 5.41) is 0.00862. The van der Waals surface area contributed by atoms with Crippen molar-refractivity contribution in [1.29, 1.82) is 0 Å². The van der Waals surface area contributed by atoms with Gasteiger partial charge in [0, 0.05) is 16.5 Å². The minimum absolute atomic E-state index is 0.0185. The molecule has 0 aliphatic heterocycles. The zero-order valence-corrected chi connectivity index (χ0v) is 19.5. The number of allylic oxidation sites excluding steroid dienone is 2. The van der Waals surface area contributed by atoms with Crippen LogP contribution in [0.4, 0.5) is 26.3 Å². The van der Waals surface area contributed by atoms with E-state index in [2.05, 4.69) is 23.7 Å². The van der Waals surface area contributed by atoms with E-state index in [9.17, 15) is 26.3 Å². The van der Waals surface area contributed by atoms with Crippen molar-refractivity contribution in [2.45, 2.75) is 19.8 Å². The maximum Gasteiger partial charge on any atom is 0.195 e. The van der Waals surface area contributed by atoms with Crippen LogP contribution in [-0.4, -0.2) is 0 Å². The van der Waals surface area contributed by atoms with Gasteiger partial charge in [-0.15, -0.1) is 0 Å². The Kier molecular flexibility index (Phi) is 7.70. The van der Waals surface area contributed by atoms with Gasteiger partial charge in [-0.05, 0) is 79.2 Å². The van der Waals surface area contributed by atoms with E-state index in [4.69, 9.17) is 0 Å². The van der Waals surface area contributed by atoms with Gasteiger partial charge in [0.2, 0.25) is 0 Å². The number of halogens is 6. The highest BCUT2D eigenvalue weighted by atomic mass is 19.2. The highest BCUT2D eigenvalue weighted by Crippen LogP contribution is 2.24. The largest absolute Gasteiger partial charge is 0.206 e. The molecule has 184 valence electrons. The zero-order valence-electron chi connectivity index (χ0n) is 19.5. The van der Waals surface area contributed by atoms with E-state index >= 15 is 0 Å². The molecule has 0 saturated carbocycles. The lowest BCUT2D eigenvalue weighted by atomic mass is 10.0. The molecule has 0 aliphatic carbocycles. The van der Waals surface area contributed by atoms with Gasteiger partial charge in [0.1, 0.15) is 17.5 Å². The van der Waals surface area contributed by atoms with Crippen molar-refractivity contribution in [3.8, 4) is 23.7 Å². The van der Waals surface area contributed by atoms with Crippen LogP contribution in [0.5, 0.6) is 0 Å². The first-order valence-corrected chi connectivity index (χ1v) is 11.3. The molecular formula is C31H18F6. The van der Waals surface area contributed by atoms with Gasteiger partial charge in [-0.25, -0.2) is 26.3 Å². The van der Waals surface area contributed by atoms with Gasteiger partial charge in [-0.3, -0.25) is 0 Å². The van der Waals surface area contributed by atoms with Crippen LogP contribution in [0.2, 0.25) is 0 Å². The van der Waals surface area contributed by atoms with Crippen LogP contribution in [-0.2, 0) is 6.42 Å². The lowest BCUT2D eigenvalue weighted by Crippen LogP contribution is -1.95. The Labute approximate surface area is 210 Å². The quantitative estimate of drug-likeness (QED) is 0.115. The Morgan fingerprint density at radius 2 is 1.32 bits per heavy atom. The van der Waals surface area contributed by atoms with Gasteiger partial charge in [-0.2, -0.15) is 0 Å². The Hall–Kier alpha value is -4.42. The molecule has 37 heavy (non-hydrogen) atoms. The second-order valence-electron chi connectivity index (χ2n) is 8.16. The van der Waals surface area contributed by atoms with Crippen molar-refractivity contribution >= 4 is 10.8 Å². The third-order valence-electron chi connectivity index (χ3n) is 5.55. The second kappa shape index (κ2) is 11.1. The third-order valence-corrected chi connectivity index (χ3v) is 5.55. The lowest BCUT2D eigenvalue weighted by Gasteiger charge is -2.03.